The van der Waals surface area contributed by atoms with Gasteiger partial charge in [-0.3, -0.25) is 4.79 Å². The van der Waals surface area contributed by atoms with Crippen LogP contribution < -0.4 is 9.64 Å². The number of aliphatic hydroxyl groups excluding tert-OH is 1. The van der Waals surface area contributed by atoms with Gasteiger partial charge in [-0.15, -0.1) is 0 Å². The van der Waals surface area contributed by atoms with Crippen molar-refractivity contribution in [3.8, 4) is 5.75 Å². The second kappa shape index (κ2) is 3.47. The zero-order valence-corrected chi connectivity index (χ0v) is 9.72. The molecule has 1 aromatic rings. The zero-order valence-electron chi connectivity index (χ0n) is 9.72. The highest BCUT2D eigenvalue weighted by atomic mass is 16.5. The fourth-order valence-electron chi connectivity index (χ4n) is 2.36. The van der Waals surface area contributed by atoms with Crippen molar-refractivity contribution in [1.82, 2.24) is 0 Å². The number of para-hydroxylation sites is 2. The Hall–Kier alpha value is -1.55. The maximum Gasteiger partial charge on any atom is 0.268 e. The monoisotopic (exact) mass is 233 g/mol. The molecule has 1 aliphatic carbocycles. The molecule has 1 saturated carbocycles. The molecule has 1 aromatic carbocycles. The molecule has 90 valence electrons. The predicted molar refractivity (Wildman–Crippen MR) is 63.0 cm³/mol. The third-order valence-corrected chi connectivity index (χ3v) is 3.79. The van der Waals surface area contributed by atoms with E-state index in [1.54, 1.807) is 11.9 Å². The Morgan fingerprint density at radius 3 is 2.82 bits per heavy atom. The summed E-state index contributed by atoms with van der Waals surface area (Å²) in [7, 11) is 1.75. The van der Waals surface area contributed by atoms with Crippen molar-refractivity contribution >= 4 is 11.6 Å². The molecule has 0 bridgehead atoms. The van der Waals surface area contributed by atoms with E-state index < -0.39 is 6.10 Å². The number of hydrogen-bond acceptors (Lipinski definition) is 3. The minimum atomic E-state index is -0.535. The van der Waals surface area contributed by atoms with E-state index in [4.69, 9.17) is 4.74 Å². The van der Waals surface area contributed by atoms with Crippen LogP contribution in [-0.2, 0) is 4.79 Å². The number of benzene rings is 1. The fraction of sp³-hybridized carbons (Fsp3) is 0.462. The van der Waals surface area contributed by atoms with Crippen LogP contribution in [0.25, 0.3) is 0 Å². The fourth-order valence-corrected chi connectivity index (χ4v) is 2.36. The van der Waals surface area contributed by atoms with Crippen molar-refractivity contribution < 1.29 is 14.6 Å². The van der Waals surface area contributed by atoms with Crippen molar-refractivity contribution in [2.75, 3.05) is 18.6 Å². The molecule has 0 spiro atoms. The van der Waals surface area contributed by atoms with Crippen LogP contribution in [-0.4, -0.2) is 30.8 Å². The molecule has 3 rings (SSSR count). The largest absolute Gasteiger partial charge is 0.478 e. The van der Waals surface area contributed by atoms with Gasteiger partial charge in [-0.05, 0) is 25.0 Å². The predicted octanol–water partition coefficient (Wildman–Crippen LogP) is 1.18. The van der Waals surface area contributed by atoms with Gasteiger partial charge in [-0.25, -0.2) is 0 Å². The molecular formula is C13H15NO3. The van der Waals surface area contributed by atoms with Crippen LogP contribution in [0.2, 0.25) is 0 Å². The van der Waals surface area contributed by atoms with Crippen LogP contribution >= 0.6 is 0 Å². The Morgan fingerprint density at radius 2 is 2.18 bits per heavy atom. The van der Waals surface area contributed by atoms with Crippen LogP contribution in [0.1, 0.15) is 12.8 Å². The quantitative estimate of drug-likeness (QED) is 0.834. The van der Waals surface area contributed by atoms with Gasteiger partial charge in [0.05, 0.1) is 12.3 Å². The number of aliphatic hydroxyl groups is 1. The number of amides is 1. The van der Waals surface area contributed by atoms with Crippen LogP contribution in [0.15, 0.2) is 24.3 Å². The smallest absolute Gasteiger partial charge is 0.268 e. The molecule has 2 aliphatic rings. The van der Waals surface area contributed by atoms with Gasteiger partial charge in [0.2, 0.25) is 0 Å². The molecule has 0 radical (unpaired) electrons. The summed E-state index contributed by atoms with van der Waals surface area (Å²) in [4.78, 5) is 13.8. The first-order valence-corrected chi connectivity index (χ1v) is 5.82. The first kappa shape index (κ1) is 10.6. The van der Waals surface area contributed by atoms with Gasteiger partial charge in [0.1, 0.15) is 5.75 Å². The van der Waals surface area contributed by atoms with Crippen molar-refractivity contribution in [2.24, 2.45) is 5.41 Å². The van der Waals surface area contributed by atoms with Crippen molar-refractivity contribution in [3.63, 3.8) is 0 Å². The third-order valence-electron chi connectivity index (χ3n) is 3.79. The molecule has 17 heavy (non-hydrogen) atoms. The SMILES string of the molecule is CN1C(=O)C(C2(CO)CC2)Oc2ccccc21. The lowest BCUT2D eigenvalue weighted by atomic mass is 9.97. The summed E-state index contributed by atoms with van der Waals surface area (Å²) in [6.07, 6.45) is 1.18. The average molecular weight is 233 g/mol. The van der Waals surface area contributed by atoms with Crippen LogP contribution in [0.4, 0.5) is 5.69 Å². The van der Waals surface area contributed by atoms with E-state index in [0.717, 1.165) is 24.3 Å². The summed E-state index contributed by atoms with van der Waals surface area (Å²) in [6.45, 7) is 0.0133. The number of carbonyl (C=O) groups is 1. The molecule has 1 fully saturated rings. The molecular weight excluding hydrogens is 218 g/mol. The number of ether oxygens (including phenoxy) is 1. The Balaban J connectivity index is 1.99. The van der Waals surface area contributed by atoms with Crippen LogP contribution in [0.3, 0.4) is 0 Å². The van der Waals surface area contributed by atoms with E-state index in [0.29, 0.717) is 0 Å². The summed E-state index contributed by atoms with van der Waals surface area (Å²) >= 11 is 0. The highest BCUT2D eigenvalue weighted by Crippen LogP contribution is 2.52. The second-order valence-electron chi connectivity index (χ2n) is 4.88. The number of nitrogens with zero attached hydrogens (tertiary/aromatic N) is 1. The van der Waals surface area contributed by atoms with E-state index in [-0.39, 0.29) is 17.9 Å². The molecule has 1 amide bonds. The van der Waals surface area contributed by atoms with Gasteiger partial charge in [0.15, 0.2) is 6.10 Å². The van der Waals surface area contributed by atoms with Gasteiger partial charge >= 0.3 is 0 Å². The number of fused-ring (bicyclic) bond motifs is 1. The van der Waals surface area contributed by atoms with Crippen molar-refractivity contribution in [2.45, 2.75) is 18.9 Å². The Morgan fingerprint density at radius 1 is 1.47 bits per heavy atom. The lowest BCUT2D eigenvalue weighted by Gasteiger charge is -2.35. The van der Waals surface area contributed by atoms with Crippen LogP contribution in [0.5, 0.6) is 5.75 Å². The molecule has 1 N–H and O–H groups in total. The Kier molecular flexibility index (Phi) is 2.16. The molecule has 1 unspecified atom stereocenters. The van der Waals surface area contributed by atoms with E-state index in [1.165, 1.54) is 0 Å². The minimum absolute atomic E-state index is 0.0133. The second-order valence-corrected chi connectivity index (χ2v) is 4.88. The van der Waals surface area contributed by atoms with Crippen LogP contribution in [0, 0.1) is 5.41 Å². The molecule has 4 nitrogen and oxygen atoms in total. The summed E-state index contributed by atoms with van der Waals surface area (Å²) in [5.41, 5.74) is 0.446. The molecule has 1 atom stereocenters. The van der Waals surface area contributed by atoms with Crippen molar-refractivity contribution in [1.29, 1.82) is 0 Å². The van der Waals surface area contributed by atoms with E-state index in [9.17, 15) is 9.90 Å². The van der Waals surface area contributed by atoms with E-state index >= 15 is 0 Å². The summed E-state index contributed by atoms with van der Waals surface area (Å²) < 4.78 is 5.78. The summed E-state index contributed by atoms with van der Waals surface area (Å²) in [5.74, 6) is 0.662. The molecule has 4 heteroatoms. The minimum Gasteiger partial charge on any atom is -0.478 e. The number of rotatable bonds is 2. The average Bonchev–Trinajstić information content (AvgIpc) is 3.15. The lowest BCUT2D eigenvalue weighted by molar-refractivity contribution is -0.130. The van der Waals surface area contributed by atoms with Gasteiger partial charge in [-0.2, -0.15) is 0 Å². The molecule has 0 saturated heterocycles. The van der Waals surface area contributed by atoms with Gasteiger partial charge < -0.3 is 14.7 Å². The van der Waals surface area contributed by atoms with E-state index in [1.807, 2.05) is 24.3 Å². The molecule has 0 aromatic heterocycles. The number of carbonyl (C=O) groups excluding carboxylic acids is 1. The van der Waals surface area contributed by atoms with Gasteiger partial charge in [0.25, 0.3) is 5.91 Å². The standard InChI is InChI=1S/C13H15NO3/c1-14-9-4-2-3-5-10(9)17-11(12(14)16)13(8-15)6-7-13/h2-5,11,15H,6-8H2,1H3. The van der Waals surface area contributed by atoms with E-state index in [2.05, 4.69) is 0 Å². The number of likely N-dealkylation sites (N-methyl/N-ethyl adjacent to an activating group) is 1. The Bertz CT molecular complexity index is 467. The summed E-state index contributed by atoms with van der Waals surface area (Å²) in [6, 6.07) is 7.49. The first-order valence-electron chi connectivity index (χ1n) is 5.82. The van der Waals surface area contributed by atoms with Gasteiger partial charge in [-0.1, -0.05) is 12.1 Å². The third kappa shape index (κ3) is 1.44. The molecule has 1 heterocycles. The maximum atomic E-state index is 12.2. The zero-order chi connectivity index (χ0) is 12.0. The topological polar surface area (TPSA) is 49.8 Å². The number of anilines is 1. The summed E-state index contributed by atoms with van der Waals surface area (Å²) in [5, 5.41) is 9.41. The Labute approximate surface area is 99.8 Å². The lowest BCUT2D eigenvalue weighted by Crippen LogP contribution is -2.49. The molecule has 1 aliphatic heterocycles. The highest BCUT2D eigenvalue weighted by Gasteiger charge is 2.56. The van der Waals surface area contributed by atoms with Crippen molar-refractivity contribution in [3.05, 3.63) is 24.3 Å². The highest BCUT2D eigenvalue weighted by molar-refractivity contribution is 6.00. The normalized spacial score (nSPS) is 25.2. The first-order chi connectivity index (χ1) is 8.18. The number of hydrogen-bond donors (Lipinski definition) is 1. The maximum absolute atomic E-state index is 12.2. The van der Waals surface area contributed by atoms with Gasteiger partial charge in [0, 0.05) is 12.5 Å².